The van der Waals surface area contributed by atoms with E-state index < -0.39 is 5.60 Å². The maximum Gasteiger partial charge on any atom is 0.231 e. The Hall–Kier alpha value is -2.63. The number of aromatic nitrogens is 1. The van der Waals surface area contributed by atoms with E-state index in [1.54, 1.807) is 0 Å². The zero-order valence-corrected chi connectivity index (χ0v) is 15.1. The average molecular weight is 363 g/mol. The van der Waals surface area contributed by atoms with Crippen molar-refractivity contribution < 1.29 is 14.6 Å². The molecule has 0 radical (unpaired) electrons. The van der Waals surface area contributed by atoms with E-state index >= 15 is 0 Å². The van der Waals surface area contributed by atoms with Gasteiger partial charge in [0.1, 0.15) is 5.60 Å². The molecule has 3 aromatic rings. The van der Waals surface area contributed by atoms with Crippen LogP contribution in [-0.2, 0) is 16.9 Å². The highest BCUT2D eigenvalue weighted by Gasteiger charge is 2.49. The minimum atomic E-state index is -0.497. The largest absolute Gasteiger partial charge is 0.491 e. The lowest BCUT2D eigenvalue weighted by Gasteiger charge is -2.34. The van der Waals surface area contributed by atoms with Crippen molar-refractivity contribution in [1.29, 1.82) is 0 Å². The number of hydrogen-bond donors (Lipinski definition) is 2. The molecule has 1 fully saturated rings. The van der Waals surface area contributed by atoms with Crippen LogP contribution in [0.2, 0.25) is 0 Å². The molecule has 0 aliphatic carbocycles. The van der Waals surface area contributed by atoms with Crippen LogP contribution in [-0.4, -0.2) is 17.2 Å². The predicted molar refractivity (Wildman–Crippen MR) is 102 cm³/mol. The van der Waals surface area contributed by atoms with Gasteiger partial charge < -0.3 is 19.6 Å². The molecule has 2 aliphatic heterocycles. The van der Waals surface area contributed by atoms with E-state index in [0.29, 0.717) is 16.6 Å². The lowest BCUT2D eigenvalue weighted by atomic mass is 9.82. The second kappa shape index (κ2) is 5.94. The van der Waals surface area contributed by atoms with E-state index in [1.807, 2.05) is 24.3 Å². The molecule has 1 saturated heterocycles. The Bertz CT molecular complexity index is 1090. The van der Waals surface area contributed by atoms with Gasteiger partial charge in [-0.15, -0.1) is 0 Å². The first-order valence-electron chi connectivity index (χ1n) is 9.30. The van der Waals surface area contributed by atoms with Crippen LogP contribution >= 0.6 is 0 Å². The van der Waals surface area contributed by atoms with E-state index in [-0.39, 0.29) is 23.9 Å². The molecule has 2 N–H and O–H groups in total. The molecular formula is C22H21NO4. The molecule has 5 heteroatoms. The Labute approximate surface area is 156 Å². The number of hydrogen-bond acceptors (Lipinski definition) is 4. The van der Waals surface area contributed by atoms with Crippen molar-refractivity contribution in [3.05, 3.63) is 75.1 Å². The number of pyridine rings is 1. The van der Waals surface area contributed by atoms with Crippen molar-refractivity contribution in [2.75, 3.05) is 7.11 Å². The van der Waals surface area contributed by atoms with Crippen molar-refractivity contribution in [2.45, 2.75) is 37.6 Å². The Morgan fingerprint density at radius 3 is 2.81 bits per heavy atom. The monoisotopic (exact) mass is 363 g/mol. The molecule has 2 bridgehead atoms. The summed E-state index contributed by atoms with van der Waals surface area (Å²) in [4.78, 5) is 16.4. The van der Waals surface area contributed by atoms with Gasteiger partial charge >= 0.3 is 0 Å². The lowest BCUT2D eigenvalue weighted by molar-refractivity contribution is -0.0857. The number of aliphatic hydroxyl groups excluding tert-OH is 1. The molecule has 3 heterocycles. The third kappa shape index (κ3) is 2.16. The van der Waals surface area contributed by atoms with Crippen LogP contribution in [0.5, 0.6) is 5.75 Å². The molecule has 0 spiro atoms. The number of methoxy groups -OCH3 is 1. The predicted octanol–water partition coefficient (Wildman–Crippen LogP) is 3.53. The van der Waals surface area contributed by atoms with Gasteiger partial charge in [-0.3, -0.25) is 4.79 Å². The molecule has 0 saturated carbocycles. The second-order valence-electron chi connectivity index (χ2n) is 7.27. The molecule has 0 amide bonds. The topological polar surface area (TPSA) is 71.5 Å². The fourth-order valence-electron chi connectivity index (χ4n) is 4.83. The van der Waals surface area contributed by atoms with Gasteiger partial charge in [0.2, 0.25) is 5.43 Å². The van der Waals surface area contributed by atoms with Gasteiger partial charge in [0.05, 0.1) is 36.4 Å². The summed E-state index contributed by atoms with van der Waals surface area (Å²) in [7, 11) is 1.46. The SMILES string of the molecule is COc1c(CO)[nH]c2ccc3c(c2c1=O)[C@@H]1CCC[C@@]3(c2ccccc2)O1. The van der Waals surface area contributed by atoms with Crippen LogP contribution in [0.25, 0.3) is 10.9 Å². The van der Waals surface area contributed by atoms with Gasteiger partial charge in [0.15, 0.2) is 5.75 Å². The van der Waals surface area contributed by atoms with Gasteiger partial charge in [-0.05, 0) is 36.5 Å². The number of benzene rings is 2. The molecule has 2 atom stereocenters. The molecular weight excluding hydrogens is 342 g/mol. The summed E-state index contributed by atoms with van der Waals surface area (Å²) >= 11 is 0. The summed E-state index contributed by atoms with van der Waals surface area (Å²) in [6.45, 7) is -0.278. The number of aliphatic hydroxyl groups is 1. The van der Waals surface area contributed by atoms with Crippen LogP contribution in [0.1, 0.15) is 47.8 Å². The first-order chi connectivity index (χ1) is 13.2. The molecule has 5 rings (SSSR count). The minimum Gasteiger partial charge on any atom is -0.491 e. The fraction of sp³-hybridized carbons (Fsp3) is 0.318. The van der Waals surface area contributed by atoms with Crippen LogP contribution in [0, 0.1) is 0 Å². The van der Waals surface area contributed by atoms with E-state index in [0.717, 1.165) is 36.0 Å². The van der Waals surface area contributed by atoms with E-state index in [4.69, 9.17) is 9.47 Å². The molecule has 27 heavy (non-hydrogen) atoms. The third-order valence-electron chi connectivity index (χ3n) is 5.94. The van der Waals surface area contributed by atoms with Crippen LogP contribution in [0.15, 0.2) is 47.3 Å². The van der Waals surface area contributed by atoms with Gasteiger partial charge in [-0.1, -0.05) is 36.4 Å². The van der Waals surface area contributed by atoms with Crippen molar-refractivity contribution in [3.63, 3.8) is 0 Å². The Morgan fingerprint density at radius 1 is 1.26 bits per heavy atom. The van der Waals surface area contributed by atoms with Gasteiger partial charge in [0.25, 0.3) is 0 Å². The van der Waals surface area contributed by atoms with Gasteiger partial charge in [0, 0.05) is 5.56 Å². The Balaban J connectivity index is 1.85. The summed E-state index contributed by atoms with van der Waals surface area (Å²) in [5.41, 5.74) is 3.60. The summed E-state index contributed by atoms with van der Waals surface area (Å²) < 4.78 is 11.9. The average Bonchev–Trinajstić information content (AvgIpc) is 2.95. The maximum absolute atomic E-state index is 13.2. The number of ether oxygens (including phenoxy) is 2. The van der Waals surface area contributed by atoms with E-state index in [2.05, 4.69) is 23.2 Å². The fourth-order valence-corrected chi connectivity index (χ4v) is 4.83. The molecule has 2 aromatic carbocycles. The van der Waals surface area contributed by atoms with Crippen molar-refractivity contribution >= 4 is 10.9 Å². The summed E-state index contributed by atoms with van der Waals surface area (Å²) in [6, 6.07) is 14.2. The first-order valence-corrected chi connectivity index (χ1v) is 9.30. The Morgan fingerprint density at radius 2 is 2.07 bits per heavy atom. The summed E-state index contributed by atoms with van der Waals surface area (Å²) in [6.07, 6.45) is 2.72. The molecule has 5 nitrogen and oxygen atoms in total. The number of fused-ring (bicyclic) bond motifs is 7. The van der Waals surface area contributed by atoms with Crippen LogP contribution in [0.4, 0.5) is 0 Å². The summed E-state index contributed by atoms with van der Waals surface area (Å²) in [5.74, 6) is 0.175. The zero-order valence-electron chi connectivity index (χ0n) is 15.1. The minimum absolute atomic E-state index is 0.108. The number of aromatic amines is 1. The smallest absolute Gasteiger partial charge is 0.231 e. The van der Waals surface area contributed by atoms with Gasteiger partial charge in [-0.25, -0.2) is 0 Å². The highest BCUT2D eigenvalue weighted by Crippen LogP contribution is 2.56. The molecule has 1 aromatic heterocycles. The van der Waals surface area contributed by atoms with Gasteiger partial charge in [-0.2, -0.15) is 0 Å². The highest BCUT2D eigenvalue weighted by molar-refractivity contribution is 5.86. The van der Waals surface area contributed by atoms with Crippen molar-refractivity contribution in [2.24, 2.45) is 0 Å². The van der Waals surface area contributed by atoms with E-state index in [1.165, 1.54) is 7.11 Å². The summed E-state index contributed by atoms with van der Waals surface area (Å²) in [5, 5.41) is 10.2. The normalized spacial score (nSPS) is 23.4. The quantitative estimate of drug-likeness (QED) is 0.747. The first kappa shape index (κ1) is 16.5. The number of H-pyrrole nitrogens is 1. The zero-order chi connectivity index (χ0) is 18.6. The van der Waals surface area contributed by atoms with Crippen LogP contribution in [0.3, 0.4) is 0 Å². The number of rotatable bonds is 3. The standard InChI is InChI=1S/C22H21NO4/c1-26-21-16(12-24)23-15-10-9-14-18(19(15)20(21)25)17-8-5-11-22(14,27-17)13-6-3-2-4-7-13/h2-4,6-7,9-10,17,24H,5,8,11-12H2,1H3,(H,23,25)/t17-,22-/m0/s1. The molecule has 2 aliphatic rings. The lowest BCUT2D eigenvalue weighted by Crippen LogP contribution is -2.30. The van der Waals surface area contributed by atoms with Crippen molar-refractivity contribution in [3.8, 4) is 5.75 Å². The molecule has 0 unspecified atom stereocenters. The van der Waals surface area contributed by atoms with Crippen LogP contribution < -0.4 is 10.2 Å². The van der Waals surface area contributed by atoms with E-state index in [9.17, 15) is 9.90 Å². The second-order valence-corrected chi connectivity index (χ2v) is 7.27. The highest BCUT2D eigenvalue weighted by atomic mass is 16.5. The number of nitrogens with one attached hydrogen (secondary N) is 1. The Kier molecular flexibility index (Phi) is 3.64. The third-order valence-corrected chi connectivity index (χ3v) is 5.94. The molecule has 138 valence electrons. The van der Waals surface area contributed by atoms with Crippen molar-refractivity contribution in [1.82, 2.24) is 4.98 Å². The maximum atomic E-state index is 13.2.